The molecule has 74 valence electrons. The van der Waals surface area contributed by atoms with Gasteiger partial charge < -0.3 is 10.1 Å². The number of ether oxygens (including phenoxy) is 1. The Labute approximate surface area is 90.6 Å². The van der Waals surface area contributed by atoms with E-state index >= 15 is 0 Å². The predicted octanol–water partition coefficient (Wildman–Crippen LogP) is 1.64. The second-order valence-electron chi connectivity index (χ2n) is 3.16. The van der Waals surface area contributed by atoms with Crippen molar-refractivity contribution in [3.63, 3.8) is 0 Å². The van der Waals surface area contributed by atoms with Crippen LogP contribution in [0.2, 0.25) is 0 Å². The van der Waals surface area contributed by atoms with Crippen LogP contribution in [0, 0.1) is 0 Å². The van der Waals surface area contributed by atoms with Crippen molar-refractivity contribution in [3.8, 4) is 0 Å². The fourth-order valence-electron chi connectivity index (χ4n) is 1.41. The van der Waals surface area contributed by atoms with E-state index in [-0.39, 0.29) is 12.1 Å². The van der Waals surface area contributed by atoms with Crippen LogP contribution in [0.4, 0.5) is 0 Å². The smallest absolute Gasteiger partial charge is 0.320 e. The Morgan fingerprint density at radius 3 is 2.71 bits per heavy atom. The van der Waals surface area contributed by atoms with E-state index in [1.165, 1.54) is 0 Å². The number of carbonyl (C=O) groups excluding carboxylic acids is 1. The van der Waals surface area contributed by atoms with Gasteiger partial charge in [-0.05, 0) is 17.7 Å². The van der Waals surface area contributed by atoms with Crippen molar-refractivity contribution >= 4 is 21.9 Å². The van der Waals surface area contributed by atoms with Crippen molar-refractivity contribution in [1.82, 2.24) is 5.32 Å². The number of esters is 1. The van der Waals surface area contributed by atoms with E-state index in [1.807, 2.05) is 24.3 Å². The number of cyclic esters (lactones) is 1. The van der Waals surface area contributed by atoms with Crippen molar-refractivity contribution in [2.45, 2.75) is 6.10 Å². The number of carbonyl (C=O) groups is 1. The van der Waals surface area contributed by atoms with Gasteiger partial charge in [0.15, 0.2) is 0 Å². The largest absolute Gasteiger partial charge is 0.455 e. The first-order chi connectivity index (χ1) is 6.75. The van der Waals surface area contributed by atoms with E-state index in [2.05, 4.69) is 21.2 Å². The Kier molecular flexibility index (Phi) is 2.84. The summed E-state index contributed by atoms with van der Waals surface area (Å²) in [5.41, 5.74) is 1.02. The fourth-order valence-corrected chi connectivity index (χ4v) is 1.67. The van der Waals surface area contributed by atoms with Crippen LogP contribution < -0.4 is 5.32 Å². The molecule has 0 saturated carbocycles. The summed E-state index contributed by atoms with van der Waals surface area (Å²) in [4.78, 5) is 11.0. The molecule has 0 radical (unpaired) electrons. The van der Waals surface area contributed by atoms with E-state index in [1.54, 1.807) is 0 Å². The lowest BCUT2D eigenvalue weighted by Gasteiger charge is -2.23. The highest BCUT2D eigenvalue weighted by atomic mass is 79.9. The van der Waals surface area contributed by atoms with Crippen LogP contribution in [0.15, 0.2) is 28.7 Å². The maximum atomic E-state index is 11.0. The molecule has 1 heterocycles. The van der Waals surface area contributed by atoms with Gasteiger partial charge in [-0.1, -0.05) is 28.1 Å². The normalized spacial score (nSPS) is 21.8. The average molecular weight is 256 g/mol. The van der Waals surface area contributed by atoms with Crippen molar-refractivity contribution in [2.24, 2.45) is 0 Å². The van der Waals surface area contributed by atoms with Crippen LogP contribution >= 0.6 is 15.9 Å². The number of hydrogen-bond donors (Lipinski definition) is 1. The highest BCUT2D eigenvalue weighted by Crippen LogP contribution is 2.21. The summed E-state index contributed by atoms with van der Waals surface area (Å²) in [7, 11) is 0. The van der Waals surface area contributed by atoms with Crippen molar-refractivity contribution < 1.29 is 9.53 Å². The van der Waals surface area contributed by atoms with Gasteiger partial charge >= 0.3 is 5.97 Å². The summed E-state index contributed by atoms with van der Waals surface area (Å²) in [5.74, 6) is -0.191. The van der Waals surface area contributed by atoms with Gasteiger partial charge in [0, 0.05) is 11.0 Å². The lowest BCUT2D eigenvalue weighted by molar-refractivity contribution is -0.151. The van der Waals surface area contributed by atoms with Crippen LogP contribution in [0.5, 0.6) is 0 Å². The minimum absolute atomic E-state index is 0.149. The Morgan fingerprint density at radius 1 is 1.36 bits per heavy atom. The van der Waals surface area contributed by atoms with Crippen LogP contribution in [-0.4, -0.2) is 19.1 Å². The molecule has 14 heavy (non-hydrogen) atoms. The number of benzene rings is 1. The third kappa shape index (κ3) is 2.13. The number of nitrogens with one attached hydrogen (secondary N) is 1. The Bertz CT molecular complexity index is 336. The molecule has 0 amide bonds. The van der Waals surface area contributed by atoms with E-state index in [0.717, 1.165) is 10.0 Å². The van der Waals surface area contributed by atoms with Crippen molar-refractivity contribution in [1.29, 1.82) is 0 Å². The first kappa shape index (κ1) is 9.68. The van der Waals surface area contributed by atoms with E-state index in [0.29, 0.717) is 13.1 Å². The summed E-state index contributed by atoms with van der Waals surface area (Å²) in [6.45, 7) is 1.00. The predicted molar refractivity (Wildman–Crippen MR) is 55.8 cm³/mol. The first-order valence-electron chi connectivity index (χ1n) is 4.41. The molecule has 4 heteroatoms. The van der Waals surface area contributed by atoms with Crippen LogP contribution in [0.25, 0.3) is 0 Å². The van der Waals surface area contributed by atoms with Crippen LogP contribution in [-0.2, 0) is 9.53 Å². The van der Waals surface area contributed by atoms with Gasteiger partial charge in [-0.3, -0.25) is 4.79 Å². The minimum atomic E-state index is -0.191. The summed E-state index contributed by atoms with van der Waals surface area (Å²) in [6.07, 6.45) is -0.149. The molecule has 0 aliphatic carbocycles. The topological polar surface area (TPSA) is 38.3 Å². The molecule has 0 spiro atoms. The molecule has 1 aliphatic rings. The zero-order chi connectivity index (χ0) is 9.97. The molecule has 2 rings (SSSR count). The lowest BCUT2D eigenvalue weighted by atomic mass is 10.1. The van der Waals surface area contributed by atoms with Gasteiger partial charge in [0.2, 0.25) is 0 Å². The molecule has 0 unspecified atom stereocenters. The molecule has 0 aromatic heterocycles. The highest BCUT2D eigenvalue weighted by Gasteiger charge is 2.20. The second-order valence-corrected chi connectivity index (χ2v) is 4.08. The standard InChI is InChI=1S/C10H10BrNO2/c11-8-3-1-7(2-4-8)9-5-12-6-10(13)14-9/h1-4,9,12H,5-6H2/t9-/m1/s1. The summed E-state index contributed by atoms with van der Waals surface area (Å²) in [5, 5.41) is 3.01. The molecule has 1 aliphatic heterocycles. The number of hydrogen-bond acceptors (Lipinski definition) is 3. The Balaban J connectivity index is 2.14. The van der Waals surface area contributed by atoms with Gasteiger partial charge in [-0.25, -0.2) is 0 Å². The van der Waals surface area contributed by atoms with E-state index < -0.39 is 0 Å². The third-order valence-corrected chi connectivity index (χ3v) is 2.64. The summed E-state index contributed by atoms with van der Waals surface area (Å²) in [6, 6.07) is 7.79. The molecule has 1 saturated heterocycles. The maximum Gasteiger partial charge on any atom is 0.320 e. The van der Waals surface area contributed by atoms with E-state index in [4.69, 9.17) is 4.74 Å². The molecule has 1 aromatic carbocycles. The molecule has 1 fully saturated rings. The fraction of sp³-hybridized carbons (Fsp3) is 0.300. The minimum Gasteiger partial charge on any atom is -0.455 e. The number of halogens is 1. The number of morpholine rings is 1. The van der Waals surface area contributed by atoms with E-state index in [9.17, 15) is 4.79 Å². The van der Waals surface area contributed by atoms with Gasteiger partial charge in [-0.15, -0.1) is 0 Å². The van der Waals surface area contributed by atoms with Gasteiger partial charge in [-0.2, -0.15) is 0 Å². The van der Waals surface area contributed by atoms with Gasteiger partial charge in [0.05, 0.1) is 6.54 Å². The first-order valence-corrected chi connectivity index (χ1v) is 5.20. The van der Waals surface area contributed by atoms with Crippen molar-refractivity contribution in [3.05, 3.63) is 34.3 Å². The molecule has 3 nitrogen and oxygen atoms in total. The lowest BCUT2D eigenvalue weighted by Crippen LogP contribution is -2.37. The molecular weight excluding hydrogens is 246 g/mol. The molecule has 1 aromatic rings. The molecular formula is C10H10BrNO2. The zero-order valence-corrected chi connectivity index (χ0v) is 9.08. The molecule has 0 bridgehead atoms. The quantitative estimate of drug-likeness (QED) is 0.776. The Morgan fingerprint density at radius 2 is 2.07 bits per heavy atom. The monoisotopic (exact) mass is 255 g/mol. The maximum absolute atomic E-state index is 11.0. The summed E-state index contributed by atoms with van der Waals surface area (Å²) >= 11 is 3.36. The zero-order valence-electron chi connectivity index (χ0n) is 7.50. The van der Waals surface area contributed by atoms with Crippen LogP contribution in [0.1, 0.15) is 11.7 Å². The van der Waals surface area contributed by atoms with Gasteiger partial charge in [0.1, 0.15) is 6.10 Å². The summed E-state index contributed by atoms with van der Waals surface area (Å²) < 4.78 is 6.22. The third-order valence-electron chi connectivity index (χ3n) is 2.11. The SMILES string of the molecule is O=C1CNC[C@H](c2ccc(Br)cc2)O1. The molecule has 1 atom stereocenters. The molecule has 1 N–H and O–H groups in total. The highest BCUT2D eigenvalue weighted by molar-refractivity contribution is 9.10. The Hall–Kier alpha value is -0.870. The van der Waals surface area contributed by atoms with Gasteiger partial charge in [0.25, 0.3) is 0 Å². The average Bonchev–Trinajstić information content (AvgIpc) is 2.19. The number of rotatable bonds is 1. The second kappa shape index (κ2) is 4.11. The van der Waals surface area contributed by atoms with Crippen molar-refractivity contribution in [2.75, 3.05) is 13.1 Å². The van der Waals surface area contributed by atoms with Crippen LogP contribution in [0.3, 0.4) is 0 Å².